The van der Waals surface area contributed by atoms with Crippen molar-refractivity contribution in [1.29, 1.82) is 0 Å². The lowest BCUT2D eigenvalue weighted by molar-refractivity contribution is 0.0964. The van der Waals surface area contributed by atoms with Gasteiger partial charge in [0.25, 0.3) is 0 Å². The molecule has 146 valence electrons. The zero-order valence-corrected chi connectivity index (χ0v) is 16.1. The quantitative estimate of drug-likeness (QED) is 0.533. The first-order valence-corrected chi connectivity index (χ1v) is 9.95. The van der Waals surface area contributed by atoms with Gasteiger partial charge in [-0.3, -0.25) is 5.32 Å². The monoisotopic (exact) mass is 391 g/mol. The Labute approximate surface area is 163 Å². The second kappa shape index (κ2) is 11.5. The standard InChI is InChI=1S/C20H25NO5S/c1-27-16-10-8-15(9-11-16)21-20(24)26-19(7-4-12-22)17-5-2-3-6-18(17)25-14-13-23/h2-3,5-6,8-11,19,22-23H,4,7,12-14H2,1H3,(H,21,24)/t19-/m1/s1. The van der Waals surface area contributed by atoms with Crippen molar-refractivity contribution in [3.05, 3.63) is 54.1 Å². The van der Waals surface area contributed by atoms with E-state index in [2.05, 4.69) is 5.32 Å². The molecule has 6 nitrogen and oxygen atoms in total. The first-order valence-electron chi connectivity index (χ1n) is 8.73. The molecule has 0 radical (unpaired) electrons. The molecular formula is C20H25NO5S. The average Bonchev–Trinajstić information content (AvgIpc) is 2.70. The molecule has 27 heavy (non-hydrogen) atoms. The van der Waals surface area contributed by atoms with Crippen molar-refractivity contribution in [2.45, 2.75) is 23.8 Å². The van der Waals surface area contributed by atoms with Gasteiger partial charge in [-0.25, -0.2) is 4.79 Å². The van der Waals surface area contributed by atoms with Crippen LogP contribution < -0.4 is 10.1 Å². The second-order valence-electron chi connectivity index (χ2n) is 5.72. The van der Waals surface area contributed by atoms with Crippen LogP contribution in [0.4, 0.5) is 10.5 Å². The molecule has 1 amide bonds. The number of anilines is 1. The molecule has 7 heteroatoms. The van der Waals surface area contributed by atoms with Crippen LogP contribution in [0.2, 0.25) is 0 Å². The molecule has 3 N–H and O–H groups in total. The zero-order chi connectivity index (χ0) is 19.5. The van der Waals surface area contributed by atoms with Crippen LogP contribution in [0.1, 0.15) is 24.5 Å². The first-order chi connectivity index (χ1) is 13.2. The van der Waals surface area contributed by atoms with Crippen molar-refractivity contribution in [2.75, 3.05) is 31.4 Å². The number of aliphatic hydroxyl groups excluding tert-OH is 2. The number of thioether (sulfide) groups is 1. The van der Waals surface area contributed by atoms with E-state index in [0.717, 1.165) is 4.90 Å². The number of amides is 1. The summed E-state index contributed by atoms with van der Waals surface area (Å²) in [6.07, 6.45) is 1.77. The van der Waals surface area contributed by atoms with E-state index >= 15 is 0 Å². The van der Waals surface area contributed by atoms with Crippen molar-refractivity contribution < 1.29 is 24.5 Å². The van der Waals surface area contributed by atoms with Crippen LogP contribution in [0.5, 0.6) is 5.75 Å². The third-order valence-corrected chi connectivity index (χ3v) is 4.57. The van der Waals surface area contributed by atoms with Gasteiger partial charge in [-0.2, -0.15) is 0 Å². The van der Waals surface area contributed by atoms with E-state index in [1.165, 1.54) is 0 Å². The maximum absolute atomic E-state index is 12.4. The van der Waals surface area contributed by atoms with Crippen LogP contribution in [0.3, 0.4) is 0 Å². The van der Waals surface area contributed by atoms with E-state index in [1.807, 2.05) is 48.7 Å². The SMILES string of the molecule is CSc1ccc(NC(=O)O[C@H](CCCO)c2ccccc2OCCO)cc1. The van der Waals surface area contributed by atoms with Crippen LogP contribution in [0.15, 0.2) is 53.4 Å². The summed E-state index contributed by atoms with van der Waals surface area (Å²) in [5.41, 5.74) is 1.34. The average molecular weight is 391 g/mol. The molecule has 2 rings (SSSR count). The number of para-hydroxylation sites is 1. The molecular weight excluding hydrogens is 366 g/mol. The highest BCUT2D eigenvalue weighted by atomic mass is 32.2. The lowest BCUT2D eigenvalue weighted by Crippen LogP contribution is -2.18. The maximum Gasteiger partial charge on any atom is 0.412 e. The molecule has 0 unspecified atom stereocenters. The van der Waals surface area contributed by atoms with E-state index in [9.17, 15) is 4.79 Å². The Bertz CT molecular complexity index is 708. The molecule has 0 aliphatic rings. The van der Waals surface area contributed by atoms with Crippen molar-refractivity contribution in [3.63, 3.8) is 0 Å². The summed E-state index contributed by atoms with van der Waals surface area (Å²) in [4.78, 5) is 13.5. The number of carbonyl (C=O) groups excluding carboxylic acids is 1. The Hall–Kier alpha value is -2.22. The smallest absolute Gasteiger partial charge is 0.412 e. The summed E-state index contributed by atoms with van der Waals surface area (Å²) in [5, 5.41) is 20.9. The molecule has 0 fully saturated rings. The van der Waals surface area contributed by atoms with E-state index in [1.54, 1.807) is 17.8 Å². The van der Waals surface area contributed by atoms with Crippen LogP contribution >= 0.6 is 11.8 Å². The molecule has 0 saturated heterocycles. The van der Waals surface area contributed by atoms with E-state index in [4.69, 9.17) is 19.7 Å². The molecule has 1 atom stereocenters. The zero-order valence-electron chi connectivity index (χ0n) is 15.3. The normalized spacial score (nSPS) is 11.7. The molecule has 2 aromatic rings. The fraction of sp³-hybridized carbons (Fsp3) is 0.350. The molecule has 0 aliphatic carbocycles. The van der Waals surface area contributed by atoms with Crippen molar-refractivity contribution >= 4 is 23.5 Å². The number of nitrogens with one attached hydrogen (secondary N) is 1. The highest BCUT2D eigenvalue weighted by Crippen LogP contribution is 2.31. The number of carbonyl (C=O) groups is 1. The minimum absolute atomic E-state index is 0.00269. The van der Waals surface area contributed by atoms with Gasteiger partial charge in [0.15, 0.2) is 0 Å². The number of aliphatic hydroxyl groups is 2. The summed E-state index contributed by atoms with van der Waals surface area (Å²) in [6.45, 7) is 0.0397. The number of benzene rings is 2. The molecule has 0 heterocycles. The van der Waals surface area contributed by atoms with Gasteiger partial charge in [0.1, 0.15) is 18.5 Å². The number of hydrogen-bond acceptors (Lipinski definition) is 6. The third kappa shape index (κ3) is 6.78. The van der Waals surface area contributed by atoms with Gasteiger partial charge in [-0.1, -0.05) is 18.2 Å². The summed E-state index contributed by atoms with van der Waals surface area (Å²) < 4.78 is 11.2. The van der Waals surface area contributed by atoms with Crippen molar-refractivity contribution in [3.8, 4) is 5.75 Å². The molecule has 2 aromatic carbocycles. The van der Waals surface area contributed by atoms with Crippen LogP contribution in [-0.4, -0.2) is 42.4 Å². The first kappa shape index (κ1) is 21.1. The Morgan fingerprint density at radius 3 is 2.52 bits per heavy atom. The van der Waals surface area contributed by atoms with Gasteiger partial charge in [0.05, 0.1) is 6.61 Å². The van der Waals surface area contributed by atoms with Gasteiger partial charge >= 0.3 is 6.09 Å². The summed E-state index contributed by atoms with van der Waals surface area (Å²) >= 11 is 1.62. The number of rotatable bonds is 10. The van der Waals surface area contributed by atoms with Gasteiger partial charge in [0.2, 0.25) is 0 Å². The fourth-order valence-electron chi connectivity index (χ4n) is 2.54. The fourth-order valence-corrected chi connectivity index (χ4v) is 2.95. The van der Waals surface area contributed by atoms with E-state index in [-0.39, 0.29) is 19.8 Å². The summed E-state index contributed by atoms with van der Waals surface area (Å²) in [5.74, 6) is 0.548. The minimum Gasteiger partial charge on any atom is -0.491 e. The molecule has 0 spiro atoms. The molecule has 0 saturated carbocycles. The van der Waals surface area contributed by atoms with Crippen LogP contribution in [0, 0.1) is 0 Å². The predicted molar refractivity (Wildman–Crippen MR) is 106 cm³/mol. The largest absolute Gasteiger partial charge is 0.491 e. The molecule has 0 bridgehead atoms. The number of ether oxygens (including phenoxy) is 2. The van der Waals surface area contributed by atoms with Crippen LogP contribution in [-0.2, 0) is 4.74 Å². The minimum atomic E-state index is -0.577. The van der Waals surface area contributed by atoms with Crippen LogP contribution in [0.25, 0.3) is 0 Å². The Morgan fingerprint density at radius 2 is 1.85 bits per heavy atom. The van der Waals surface area contributed by atoms with Gasteiger partial charge in [-0.05, 0) is 49.4 Å². The highest BCUT2D eigenvalue weighted by Gasteiger charge is 2.20. The van der Waals surface area contributed by atoms with Crippen molar-refractivity contribution in [2.24, 2.45) is 0 Å². The Morgan fingerprint density at radius 1 is 1.11 bits per heavy atom. The number of hydrogen-bond donors (Lipinski definition) is 3. The highest BCUT2D eigenvalue weighted by molar-refractivity contribution is 7.98. The van der Waals surface area contributed by atoms with Crippen molar-refractivity contribution in [1.82, 2.24) is 0 Å². The third-order valence-electron chi connectivity index (χ3n) is 3.82. The predicted octanol–water partition coefficient (Wildman–Crippen LogP) is 3.84. The van der Waals surface area contributed by atoms with Gasteiger partial charge in [0, 0.05) is 22.8 Å². The molecule has 0 aromatic heterocycles. The Kier molecular flexibility index (Phi) is 8.97. The van der Waals surface area contributed by atoms with E-state index in [0.29, 0.717) is 29.8 Å². The maximum atomic E-state index is 12.4. The second-order valence-corrected chi connectivity index (χ2v) is 6.60. The van der Waals surface area contributed by atoms with Gasteiger partial charge in [-0.15, -0.1) is 11.8 Å². The topological polar surface area (TPSA) is 88.0 Å². The lowest BCUT2D eigenvalue weighted by atomic mass is 10.0. The van der Waals surface area contributed by atoms with Gasteiger partial charge < -0.3 is 19.7 Å². The molecule has 0 aliphatic heterocycles. The Balaban J connectivity index is 2.10. The summed E-state index contributed by atoms with van der Waals surface area (Å²) in [7, 11) is 0. The van der Waals surface area contributed by atoms with E-state index < -0.39 is 12.2 Å². The lowest BCUT2D eigenvalue weighted by Gasteiger charge is -2.21. The summed E-state index contributed by atoms with van der Waals surface area (Å²) in [6, 6.07) is 14.7.